The molecule has 2 aromatic carbocycles. The quantitative estimate of drug-likeness (QED) is 0.744. The zero-order valence-electron chi connectivity index (χ0n) is 13.7. The van der Waals surface area contributed by atoms with Crippen molar-refractivity contribution in [2.45, 2.75) is 25.5 Å². The second-order valence-corrected chi connectivity index (χ2v) is 6.03. The van der Waals surface area contributed by atoms with E-state index in [1.54, 1.807) is 0 Å². The molecular formula is C19H19N3O3. The maximum absolute atomic E-state index is 12.1. The highest BCUT2D eigenvalue weighted by Crippen LogP contribution is 2.20. The largest absolute Gasteiger partial charge is 0.424 e. The first-order valence-corrected chi connectivity index (χ1v) is 8.39. The Morgan fingerprint density at radius 1 is 1.20 bits per heavy atom. The van der Waals surface area contributed by atoms with Gasteiger partial charge in [0.15, 0.2) is 5.58 Å². The third kappa shape index (κ3) is 3.64. The van der Waals surface area contributed by atoms with Crippen molar-refractivity contribution in [3.05, 3.63) is 54.1 Å². The molecule has 4 rings (SSSR count). The molecular weight excluding hydrogens is 318 g/mol. The number of carbonyl (C=O) groups is 1. The second-order valence-electron chi connectivity index (χ2n) is 6.03. The Morgan fingerprint density at radius 2 is 2.12 bits per heavy atom. The lowest BCUT2D eigenvalue weighted by Gasteiger charge is -2.11. The maximum atomic E-state index is 12.1. The summed E-state index contributed by atoms with van der Waals surface area (Å²) in [5, 5.41) is 6.08. The first-order valence-electron chi connectivity index (χ1n) is 8.39. The summed E-state index contributed by atoms with van der Waals surface area (Å²) in [7, 11) is 0. The van der Waals surface area contributed by atoms with E-state index >= 15 is 0 Å². The lowest BCUT2D eigenvalue weighted by Crippen LogP contribution is -2.26. The molecule has 0 radical (unpaired) electrons. The summed E-state index contributed by atoms with van der Waals surface area (Å²) in [5.41, 5.74) is 3.36. The van der Waals surface area contributed by atoms with Crippen LogP contribution < -0.4 is 10.6 Å². The van der Waals surface area contributed by atoms with Crippen molar-refractivity contribution in [2.24, 2.45) is 0 Å². The van der Waals surface area contributed by atoms with Gasteiger partial charge >= 0.3 is 0 Å². The van der Waals surface area contributed by atoms with Gasteiger partial charge in [-0.25, -0.2) is 0 Å². The van der Waals surface area contributed by atoms with Crippen LogP contribution in [0.3, 0.4) is 0 Å². The molecule has 0 aliphatic carbocycles. The van der Waals surface area contributed by atoms with E-state index in [4.69, 9.17) is 9.15 Å². The normalized spacial score (nSPS) is 16.9. The van der Waals surface area contributed by atoms with E-state index in [-0.39, 0.29) is 12.0 Å². The lowest BCUT2D eigenvalue weighted by atomic mass is 10.2. The van der Waals surface area contributed by atoms with E-state index in [9.17, 15) is 4.79 Å². The number of hydrogen-bond donors (Lipinski definition) is 2. The number of rotatable bonds is 5. The molecule has 0 spiro atoms. The van der Waals surface area contributed by atoms with Crippen LogP contribution in [0, 0.1) is 0 Å². The summed E-state index contributed by atoms with van der Waals surface area (Å²) in [6.07, 6.45) is 1.39. The number of amides is 1. The van der Waals surface area contributed by atoms with Crippen LogP contribution >= 0.6 is 0 Å². The van der Waals surface area contributed by atoms with Gasteiger partial charge in [0.05, 0.1) is 0 Å². The molecule has 25 heavy (non-hydrogen) atoms. The highest BCUT2D eigenvalue weighted by Gasteiger charge is 2.23. The smallest absolute Gasteiger partial charge is 0.295 e. The molecule has 1 aromatic heterocycles. The average molecular weight is 337 g/mol. The number of nitrogens with one attached hydrogen (secondary N) is 2. The third-order valence-electron chi connectivity index (χ3n) is 4.15. The Morgan fingerprint density at radius 3 is 2.96 bits per heavy atom. The number of para-hydroxylation sites is 2. The number of oxazole rings is 1. The van der Waals surface area contributed by atoms with Gasteiger partial charge in [-0.05, 0) is 42.7 Å². The molecule has 6 heteroatoms. The predicted octanol–water partition coefficient (Wildman–Crippen LogP) is 3.56. The van der Waals surface area contributed by atoms with Crippen LogP contribution in [0.2, 0.25) is 0 Å². The minimum atomic E-state index is -0.332. The van der Waals surface area contributed by atoms with Crippen molar-refractivity contribution in [2.75, 3.05) is 17.2 Å². The maximum Gasteiger partial charge on any atom is 0.295 e. The monoisotopic (exact) mass is 337 g/mol. The fourth-order valence-electron chi connectivity index (χ4n) is 2.89. The number of carbonyl (C=O) groups excluding carboxylic acids is 1. The Bertz CT molecular complexity index is 851. The van der Waals surface area contributed by atoms with Crippen LogP contribution in [-0.4, -0.2) is 23.6 Å². The van der Waals surface area contributed by atoms with Crippen LogP contribution in [0.4, 0.5) is 11.7 Å². The number of fused-ring (bicyclic) bond motifs is 1. The number of nitrogens with zero attached hydrogens (tertiary/aromatic N) is 1. The molecule has 3 aromatic rings. The Hall–Kier alpha value is -2.86. The fourth-order valence-corrected chi connectivity index (χ4v) is 2.89. The number of aromatic nitrogens is 1. The molecule has 0 bridgehead atoms. The molecule has 6 nitrogen and oxygen atoms in total. The van der Waals surface area contributed by atoms with Crippen molar-refractivity contribution < 1.29 is 13.9 Å². The molecule has 1 saturated heterocycles. The summed E-state index contributed by atoms with van der Waals surface area (Å²) in [5.74, 6) is -0.0819. The van der Waals surface area contributed by atoms with Crippen molar-refractivity contribution in [3.8, 4) is 0 Å². The van der Waals surface area contributed by atoms with E-state index in [2.05, 4.69) is 15.6 Å². The third-order valence-corrected chi connectivity index (χ3v) is 4.15. The average Bonchev–Trinajstić information content (AvgIpc) is 3.29. The molecule has 2 heterocycles. The highest BCUT2D eigenvalue weighted by atomic mass is 16.5. The van der Waals surface area contributed by atoms with Gasteiger partial charge in [0.2, 0.25) is 0 Å². The zero-order chi connectivity index (χ0) is 17.1. The van der Waals surface area contributed by atoms with Gasteiger partial charge in [0, 0.05) is 18.8 Å². The molecule has 1 atom stereocenters. The highest BCUT2D eigenvalue weighted by molar-refractivity contribution is 5.94. The SMILES string of the molecule is O=C(Nc1cccc(CNc2nc3ccccc3o2)c1)[C@H]1CCCO1. The molecule has 128 valence electrons. The van der Waals surface area contributed by atoms with E-state index in [0.717, 1.165) is 35.2 Å². The number of hydrogen-bond acceptors (Lipinski definition) is 5. The number of anilines is 2. The summed E-state index contributed by atoms with van der Waals surface area (Å²) in [6.45, 7) is 1.21. The molecule has 1 fully saturated rings. The summed E-state index contributed by atoms with van der Waals surface area (Å²) in [6, 6.07) is 15.8. The van der Waals surface area contributed by atoms with E-state index in [0.29, 0.717) is 19.2 Å². The standard InChI is InChI=1S/C19H19N3O3/c23-18(17-9-4-10-24-17)21-14-6-3-5-13(11-14)12-20-19-22-15-7-1-2-8-16(15)25-19/h1-3,5-8,11,17H,4,9-10,12H2,(H,20,22)(H,21,23)/t17-/m1/s1. The van der Waals surface area contributed by atoms with Crippen molar-refractivity contribution >= 4 is 28.7 Å². The topological polar surface area (TPSA) is 76.4 Å². The predicted molar refractivity (Wildman–Crippen MR) is 95.4 cm³/mol. The Labute approximate surface area is 145 Å². The number of ether oxygens (including phenoxy) is 1. The van der Waals surface area contributed by atoms with Crippen LogP contribution in [0.5, 0.6) is 0 Å². The van der Waals surface area contributed by atoms with Gasteiger partial charge in [-0.2, -0.15) is 4.98 Å². The minimum absolute atomic E-state index is 0.0819. The van der Waals surface area contributed by atoms with Crippen molar-refractivity contribution in [3.63, 3.8) is 0 Å². The van der Waals surface area contributed by atoms with Crippen molar-refractivity contribution in [1.82, 2.24) is 4.98 Å². The molecule has 1 amide bonds. The first-order chi connectivity index (χ1) is 12.3. The number of benzene rings is 2. The van der Waals surface area contributed by atoms with Crippen LogP contribution in [-0.2, 0) is 16.1 Å². The van der Waals surface area contributed by atoms with Gasteiger partial charge in [-0.1, -0.05) is 24.3 Å². The van der Waals surface area contributed by atoms with Gasteiger partial charge in [0.1, 0.15) is 11.6 Å². The molecule has 0 saturated carbocycles. The lowest BCUT2D eigenvalue weighted by molar-refractivity contribution is -0.124. The van der Waals surface area contributed by atoms with Crippen LogP contribution in [0.15, 0.2) is 52.9 Å². The molecule has 1 aliphatic rings. The summed E-state index contributed by atoms with van der Waals surface area (Å²) in [4.78, 5) is 16.5. The fraction of sp³-hybridized carbons (Fsp3) is 0.263. The molecule has 0 unspecified atom stereocenters. The summed E-state index contributed by atoms with van der Waals surface area (Å²) >= 11 is 0. The minimum Gasteiger partial charge on any atom is -0.424 e. The van der Waals surface area contributed by atoms with Crippen molar-refractivity contribution in [1.29, 1.82) is 0 Å². The van der Waals surface area contributed by atoms with E-state index in [1.165, 1.54) is 0 Å². The van der Waals surface area contributed by atoms with Gasteiger partial charge in [-0.3, -0.25) is 4.79 Å². The first kappa shape index (κ1) is 15.7. The molecule has 2 N–H and O–H groups in total. The van der Waals surface area contributed by atoms with Crippen LogP contribution in [0.25, 0.3) is 11.1 Å². The zero-order valence-corrected chi connectivity index (χ0v) is 13.7. The van der Waals surface area contributed by atoms with Gasteiger partial charge in [-0.15, -0.1) is 0 Å². The van der Waals surface area contributed by atoms with Gasteiger partial charge in [0.25, 0.3) is 11.9 Å². The van der Waals surface area contributed by atoms with Crippen LogP contribution in [0.1, 0.15) is 18.4 Å². The Kier molecular flexibility index (Phi) is 4.35. The Balaban J connectivity index is 1.39. The van der Waals surface area contributed by atoms with E-state index in [1.807, 2.05) is 48.5 Å². The van der Waals surface area contributed by atoms with E-state index < -0.39 is 0 Å². The van der Waals surface area contributed by atoms with Gasteiger partial charge < -0.3 is 19.8 Å². The molecule has 1 aliphatic heterocycles. The second kappa shape index (κ2) is 6.94. The summed E-state index contributed by atoms with van der Waals surface area (Å²) < 4.78 is 11.0.